The largest absolute Gasteiger partial charge is 0.466 e. The Kier molecular flexibility index (Phi) is 5.51. The fourth-order valence-electron chi connectivity index (χ4n) is 2.40. The smallest absolute Gasteiger partial charge is 0.325 e. The van der Waals surface area contributed by atoms with E-state index in [0.29, 0.717) is 19.4 Å². The Hall–Kier alpha value is -2.91. The molecule has 1 aromatic rings. The number of esters is 1. The van der Waals surface area contributed by atoms with Gasteiger partial charge in [0.05, 0.1) is 12.5 Å². The van der Waals surface area contributed by atoms with E-state index < -0.39 is 23.1 Å². The van der Waals surface area contributed by atoms with E-state index in [1.165, 1.54) is 4.90 Å². The van der Waals surface area contributed by atoms with Crippen LogP contribution in [0.2, 0.25) is 0 Å². The minimum Gasteiger partial charge on any atom is -0.466 e. The van der Waals surface area contributed by atoms with Crippen LogP contribution in [0.3, 0.4) is 0 Å². The quantitative estimate of drug-likeness (QED) is 0.467. The van der Waals surface area contributed by atoms with Crippen molar-refractivity contribution in [2.45, 2.75) is 19.8 Å². The molecule has 2 amide bonds. The molecule has 0 radical (unpaired) electrons. The summed E-state index contributed by atoms with van der Waals surface area (Å²) in [7, 11) is 0. The van der Waals surface area contributed by atoms with Crippen molar-refractivity contribution < 1.29 is 19.1 Å². The number of aromatic nitrogens is 2. The van der Waals surface area contributed by atoms with Gasteiger partial charge in [0.2, 0.25) is 0 Å². The number of aromatic amines is 2. The van der Waals surface area contributed by atoms with Crippen LogP contribution in [0.15, 0.2) is 15.8 Å². The molecular weight excluding hydrogens is 320 g/mol. The van der Waals surface area contributed by atoms with E-state index in [-0.39, 0.29) is 30.7 Å². The maximum atomic E-state index is 12.1. The minimum atomic E-state index is -0.984. The van der Waals surface area contributed by atoms with Crippen LogP contribution in [0.25, 0.3) is 0 Å². The molecule has 0 unspecified atom stereocenters. The molecule has 2 rings (SSSR count). The Balaban J connectivity index is 1.92. The van der Waals surface area contributed by atoms with Gasteiger partial charge in [-0.15, -0.1) is 0 Å². The maximum Gasteiger partial charge on any atom is 0.325 e. The number of nitrogens with zero attached hydrogens (tertiary/aromatic N) is 1. The molecule has 10 nitrogen and oxygen atoms in total. The van der Waals surface area contributed by atoms with Crippen LogP contribution in [0.4, 0.5) is 5.69 Å². The molecule has 1 fully saturated rings. The number of H-pyrrole nitrogens is 2. The average Bonchev–Trinajstić information content (AvgIpc) is 2.57. The molecule has 1 aromatic heterocycles. The molecule has 0 saturated carbocycles. The second kappa shape index (κ2) is 7.57. The molecule has 1 aliphatic heterocycles. The Morgan fingerprint density at radius 3 is 2.54 bits per heavy atom. The van der Waals surface area contributed by atoms with E-state index in [1.54, 1.807) is 6.92 Å². The standard InChI is InChI=1S/C14H18N4O6/c1-2-24-13(22)8-3-5-18(6-4-8)12(21)11(20)16-9-7-15-14(23)17-10(9)19/h7-8H,2-6H2,1H3,(H,16,20)(H2,15,17,19,23). The third-order valence-corrected chi connectivity index (χ3v) is 3.66. The van der Waals surface area contributed by atoms with E-state index in [0.717, 1.165) is 6.20 Å². The summed E-state index contributed by atoms with van der Waals surface area (Å²) in [5.74, 6) is -2.36. The normalized spacial score (nSPS) is 15.0. The molecule has 10 heteroatoms. The summed E-state index contributed by atoms with van der Waals surface area (Å²) in [5.41, 5.74) is -1.75. The third-order valence-electron chi connectivity index (χ3n) is 3.66. The topological polar surface area (TPSA) is 141 Å². The lowest BCUT2D eigenvalue weighted by atomic mass is 9.97. The van der Waals surface area contributed by atoms with E-state index in [9.17, 15) is 24.0 Å². The predicted molar refractivity (Wildman–Crippen MR) is 82.3 cm³/mol. The van der Waals surface area contributed by atoms with Gasteiger partial charge in [0.25, 0.3) is 5.56 Å². The highest BCUT2D eigenvalue weighted by Gasteiger charge is 2.31. The molecule has 130 valence electrons. The zero-order valence-electron chi connectivity index (χ0n) is 13.1. The van der Waals surface area contributed by atoms with Crippen molar-refractivity contribution in [3.63, 3.8) is 0 Å². The average molecular weight is 338 g/mol. The first kappa shape index (κ1) is 17.4. The van der Waals surface area contributed by atoms with Crippen LogP contribution in [0.1, 0.15) is 19.8 Å². The van der Waals surface area contributed by atoms with Crippen molar-refractivity contribution in [1.29, 1.82) is 0 Å². The number of ether oxygens (including phenoxy) is 1. The number of nitrogens with one attached hydrogen (secondary N) is 3. The van der Waals surface area contributed by atoms with E-state index in [4.69, 9.17) is 4.74 Å². The van der Waals surface area contributed by atoms with Gasteiger partial charge >= 0.3 is 23.5 Å². The Bertz CT molecular complexity index is 744. The number of carbonyl (C=O) groups excluding carboxylic acids is 3. The van der Waals surface area contributed by atoms with Crippen molar-refractivity contribution in [1.82, 2.24) is 14.9 Å². The highest BCUT2D eigenvalue weighted by Crippen LogP contribution is 2.18. The monoisotopic (exact) mass is 338 g/mol. The van der Waals surface area contributed by atoms with E-state index in [1.807, 2.05) is 4.98 Å². The molecule has 0 atom stereocenters. The van der Waals surface area contributed by atoms with Gasteiger partial charge in [0.15, 0.2) is 0 Å². The van der Waals surface area contributed by atoms with Crippen LogP contribution >= 0.6 is 0 Å². The molecule has 2 heterocycles. The summed E-state index contributed by atoms with van der Waals surface area (Å²) >= 11 is 0. The first-order chi connectivity index (χ1) is 11.4. The highest BCUT2D eigenvalue weighted by molar-refractivity contribution is 6.39. The van der Waals surface area contributed by atoms with Gasteiger partial charge in [0.1, 0.15) is 5.69 Å². The van der Waals surface area contributed by atoms with E-state index in [2.05, 4.69) is 10.3 Å². The van der Waals surface area contributed by atoms with E-state index >= 15 is 0 Å². The number of carbonyl (C=O) groups is 3. The summed E-state index contributed by atoms with van der Waals surface area (Å²) < 4.78 is 4.94. The molecule has 0 aromatic carbocycles. The van der Waals surface area contributed by atoms with Gasteiger partial charge in [-0.25, -0.2) is 4.79 Å². The van der Waals surface area contributed by atoms with Gasteiger partial charge < -0.3 is 19.9 Å². The molecule has 24 heavy (non-hydrogen) atoms. The lowest BCUT2D eigenvalue weighted by molar-refractivity contribution is -0.152. The molecule has 0 spiro atoms. The van der Waals surface area contributed by atoms with Crippen LogP contribution in [0.5, 0.6) is 0 Å². The summed E-state index contributed by atoms with van der Waals surface area (Å²) in [5, 5.41) is 2.15. The second-order valence-electron chi connectivity index (χ2n) is 5.26. The SMILES string of the molecule is CCOC(=O)C1CCN(C(=O)C(=O)Nc2c[nH]c(=O)[nH]c2=O)CC1. The summed E-state index contributed by atoms with van der Waals surface area (Å²) in [4.78, 5) is 63.5. The fourth-order valence-corrected chi connectivity index (χ4v) is 2.40. The van der Waals surface area contributed by atoms with Crippen LogP contribution in [-0.2, 0) is 19.1 Å². The zero-order chi connectivity index (χ0) is 17.7. The van der Waals surface area contributed by atoms with Gasteiger partial charge in [-0.2, -0.15) is 0 Å². The number of hydrogen-bond donors (Lipinski definition) is 3. The maximum absolute atomic E-state index is 12.1. The molecule has 0 bridgehead atoms. The van der Waals surface area contributed by atoms with Crippen LogP contribution in [0, 0.1) is 5.92 Å². The van der Waals surface area contributed by atoms with Crippen molar-refractivity contribution >= 4 is 23.5 Å². The van der Waals surface area contributed by atoms with Gasteiger partial charge in [0, 0.05) is 19.3 Å². The minimum absolute atomic E-state index is 0.227. The zero-order valence-corrected chi connectivity index (χ0v) is 13.1. The van der Waals surface area contributed by atoms with Gasteiger partial charge in [-0.05, 0) is 19.8 Å². The Labute approximate surface area is 136 Å². The van der Waals surface area contributed by atoms with Crippen molar-refractivity contribution in [2.75, 3.05) is 25.0 Å². The highest BCUT2D eigenvalue weighted by atomic mass is 16.5. The predicted octanol–water partition coefficient (Wildman–Crippen LogP) is -1.20. The van der Waals surface area contributed by atoms with Crippen molar-refractivity contribution in [3.05, 3.63) is 27.0 Å². The number of amides is 2. The Morgan fingerprint density at radius 1 is 1.29 bits per heavy atom. The molecule has 0 aliphatic carbocycles. The second-order valence-corrected chi connectivity index (χ2v) is 5.26. The van der Waals surface area contributed by atoms with Crippen molar-refractivity contribution in [2.24, 2.45) is 5.92 Å². The summed E-state index contributed by atoms with van der Waals surface area (Å²) in [6.07, 6.45) is 1.84. The van der Waals surface area contributed by atoms with Gasteiger partial charge in [-0.3, -0.25) is 24.2 Å². The Morgan fingerprint density at radius 2 is 1.96 bits per heavy atom. The number of likely N-dealkylation sites (tertiary alicyclic amines) is 1. The number of hydrogen-bond acceptors (Lipinski definition) is 6. The lowest BCUT2D eigenvalue weighted by Gasteiger charge is -2.30. The third kappa shape index (κ3) is 4.09. The summed E-state index contributed by atoms with van der Waals surface area (Å²) in [6.45, 7) is 2.52. The number of rotatable bonds is 3. The molecule has 1 saturated heterocycles. The van der Waals surface area contributed by atoms with Crippen molar-refractivity contribution in [3.8, 4) is 0 Å². The fraction of sp³-hybridized carbons (Fsp3) is 0.500. The first-order valence-electron chi connectivity index (χ1n) is 7.51. The molecular formula is C14H18N4O6. The van der Waals surface area contributed by atoms with Gasteiger partial charge in [-0.1, -0.05) is 0 Å². The molecule has 3 N–H and O–H groups in total. The summed E-state index contributed by atoms with van der Waals surface area (Å²) in [6, 6.07) is 0. The number of piperidine rings is 1. The van der Waals surface area contributed by atoms with Crippen LogP contribution in [-0.4, -0.2) is 52.3 Å². The lowest BCUT2D eigenvalue weighted by Crippen LogP contribution is -2.45. The first-order valence-corrected chi connectivity index (χ1v) is 7.51. The number of anilines is 1. The van der Waals surface area contributed by atoms with Crippen LogP contribution < -0.4 is 16.6 Å². The molecule has 1 aliphatic rings.